The number of nitrogens with two attached hydrogens (primary N) is 1. The number of nitrogens with one attached hydrogen (secondary N) is 1. The van der Waals surface area contributed by atoms with Gasteiger partial charge in [0, 0.05) is 11.7 Å². The number of aliphatic carboxylic acids is 1. The summed E-state index contributed by atoms with van der Waals surface area (Å²) in [6.45, 7) is 5.64. The van der Waals surface area contributed by atoms with Crippen molar-refractivity contribution in [1.29, 1.82) is 0 Å². The zero-order chi connectivity index (χ0) is 21.5. The minimum Gasteiger partial charge on any atom is -0.475 e. The molecule has 0 atom stereocenters. The minimum absolute atomic E-state index is 0.227. The van der Waals surface area contributed by atoms with Crippen molar-refractivity contribution in [1.82, 2.24) is 5.32 Å². The summed E-state index contributed by atoms with van der Waals surface area (Å²) >= 11 is 0. The number of halogens is 3. The molecule has 1 amide bonds. The second kappa shape index (κ2) is 9.66. The van der Waals surface area contributed by atoms with Crippen LogP contribution in [0.1, 0.15) is 57.9 Å². The van der Waals surface area contributed by atoms with Gasteiger partial charge in [-0.05, 0) is 70.1 Å². The Bertz CT molecular complexity index is 647. The molecule has 1 fully saturated rings. The van der Waals surface area contributed by atoms with Gasteiger partial charge in [-0.3, -0.25) is 0 Å². The van der Waals surface area contributed by atoms with E-state index in [9.17, 15) is 18.0 Å². The lowest BCUT2D eigenvalue weighted by molar-refractivity contribution is -0.192. The van der Waals surface area contributed by atoms with Gasteiger partial charge in [-0.1, -0.05) is 12.1 Å². The van der Waals surface area contributed by atoms with E-state index in [2.05, 4.69) is 17.4 Å². The van der Waals surface area contributed by atoms with E-state index in [1.165, 1.54) is 5.56 Å². The van der Waals surface area contributed by atoms with E-state index in [1.54, 1.807) is 0 Å². The van der Waals surface area contributed by atoms with E-state index < -0.39 is 17.7 Å². The normalized spacial score (nSPS) is 19.8. The van der Waals surface area contributed by atoms with Crippen LogP contribution in [0.15, 0.2) is 24.3 Å². The Morgan fingerprint density at radius 1 is 1.07 bits per heavy atom. The lowest BCUT2D eigenvalue weighted by Crippen LogP contribution is -2.40. The van der Waals surface area contributed by atoms with Crippen LogP contribution in [0.2, 0.25) is 0 Å². The van der Waals surface area contributed by atoms with Crippen LogP contribution in [-0.2, 0) is 9.53 Å². The van der Waals surface area contributed by atoms with Crippen molar-refractivity contribution in [2.75, 3.05) is 5.73 Å². The Kier molecular flexibility index (Phi) is 8.14. The number of amides is 1. The quantitative estimate of drug-likeness (QED) is 0.632. The highest BCUT2D eigenvalue weighted by molar-refractivity contribution is 5.73. The molecule has 0 aromatic heterocycles. The summed E-state index contributed by atoms with van der Waals surface area (Å²) < 4.78 is 37.0. The predicted molar refractivity (Wildman–Crippen MR) is 98.9 cm³/mol. The highest BCUT2D eigenvalue weighted by Crippen LogP contribution is 2.33. The first-order chi connectivity index (χ1) is 12.8. The standard InChI is InChI=1S/C17H26N2O2.C2HF3O2/c1-17(2,3)21-16(20)19-15-10-6-13(7-11-15)12-4-8-14(18)9-5-12;3-2(4,5)1(6)7/h4-5,8-9,13,15H,6-7,10-11,18H2,1-3H3,(H,19,20);(H,6,7). The van der Waals surface area contributed by atoms with Gasteiger partial charge in [0.1, 0.15) is 5.60 Å². The number of alkyl carbamates (subject to hydrolysis) is 1. The van der Waals surface area contributed by atoms with E-state index in [4.69, 9.17) is 20.4 Å². The molecule has 0 spiro atoms. The third kappa shape index (κ3) is 8.96. The topological polar surface area (TPSA) is 102 Å². The van der Waals surface area contributed by atoms with Gasteiger partial charge in [0.25, 0.3) is 0 Å². The SMILES string of the molecule is CC(C)(C)OC(=O)NC1CCC(c2ccc(N)cc2)CC1.O=C(O)C(F)(F)F. The van der Waals surface area contributed by atoms with E-state index in [0.717, 1.165) is 31.4 Å². The number of ether oxygens (including phenoxy) is 1. The molecule has 0 bridgehead atoms. The number of rotatable bonds is 2. The number of carboxylic acid groups (broad SMARTS) is 1. The predicted octanol–water partition coefficient (Wildman–Crippen LogP) is 4.45. The summed E-state index contributed by atoms with van der Waals surface area (Å²) in [5, 5.41) is 10.1. The maximum atomic E-state index is 11.8. The van der Waals surface area contributed by atoms with Crippen LogP contribution in [0, 0.1) is 0 Å². The van der Waals surface area contributed by atoms with E-state index >= 15 is 0 Å². The summed E-state index contributed by atoms with van der Waals surface area (Å²) in [5.41, 5.74) is 7.43. The first-order valence-electron chi connectivity index (χ1n) is 8.93. The van der Waals surface area contributed by atoms with Crippen LogP contribution in [0.4, 0.5) is 23.7 Å². The lowest BCUT2D eigenvalue weighted by Gasteiger charge is -2.30. The fourth-order valence-corrected chi connectivity index (χ4v) is 2.81. The van der Waals surface area contributed by atoms with Gasteiger partial charge in [0.05, 0.1) is 0 Å². The Morgan fingerprint density at radius 3 is 1.93 bits per heavy atom. The molecule has 1 aromatic carbocycles. The van der Waals surface area contributed by atoms with Gasteiger partial charge in [0.2, 0.25) is 0 Å². The summed E-state index contributed by atoms with van der Waals surface area (Å²) in [5.74, 6) is -2.19. The van der Waals surface area contributed by atoms with Crippen molar-refractivity contribution in [3.8, 4) is 0 Å². The van der Waals surface area contributed by atoms with Crippen LogP contribution in [0.3, 0.4) is 0 Å². The molecule has 1 aliphatic rings. The number of hydrogen-bond donors (Lipinski definition) is 3. The monoisotopic (exact) mass is 404 g/mol. The molecule has 0 unspecified atom stereocenters. The first kappa shape index (κ1) is 23.6. The molecule has 0 radical (unpaired) electrons. The largest absolute Gasteiger partial charge is 0.490 e. The number of carbonyl (C=O) groups is 2. The smallest absolute Gasteiger partial charge is 0.475 e. The molecular formula is C19H27F3N2O4. The van der Waals surface area contributed by atoms with Crippen LogP contribution in [0.25, 0.3) is 0 Å². The molecule has 1 aromatic rings. The molecule has 2 rings (SSSR count). The third-order valence-corrected chi connectivity index (χ3v) is 4.10. The summed E-state index contributed by atoms with van der Waals surface area (Å²) in [7, 11) is 0. The molecule has 4 N–H and O–H groups in total. The molecular weight excluding hydrogens is 377 g/mol. The van der Waals surface area contributed by atoms with Crippen molar-refractivity contribution >= 4 is 17.7 Å². The summed E-state index contributed by atoms with van der Waals surface area (Å²) in [6, 6.07) is 8.37. The highest BCUT2D eigenvalue weighted by Gasteiger charge is 2.38. The molecule has 6 nitrogen and oxygen atoms in total. The van der Waals surface area contributed by atoms with E-state index in [-0.39, 0.29) is 12.1 Å². The van der Waals surface area contributed by atoms with Crippen molar-refractivity contribution in [2.45, 2.75) is 70.2 Å². The maximum Gasteiger partial charge on any atom is 0.490 e. The van der Waals surface area contributed by atoms with Crippen LogP contribution < -0.4 is 11.1 Å². The molecule has 9 heteroatoms. The van der Waals surface area contributed by atoms with Crippen molar-refractivity contribution < 1.29 is 32.6 Å². The molecule has 0 saturated heterocycles. The van der Waals surface area contributed by atoms with Gasteiger partial charge >= 0.3 is 18.2 Å². The van der Waals surface area contributed by atoms with Crippen molar-refractivity contribution in [3.63, 3.8) is 0 Å². The van der Waals surface area contributed by atoms with Gasteiger partial charge in [-0.25, -0.2) is 9.59 Å². The number of carbonyl (C=O) groups excluding carboxylic acids is 1. The second-order valence-corrected chi connectivity index (χ2v) is 7.66. The molecule has 1 saturated carbocycles. The number of anilines is 1. The highest BCUT2D eigenvalue weighted by atomic mass is 19.4. The summed E-state index contributed by atoms with van der Waals surface area (Å²) in [6.07, 6.45) is -1.23. The lowest BCUT2D eigenvalue weighted by atomic mass is 9.82. The molecule has 28 heavy (non-hydrogen) atoms. The number of nitrogen functional groups attached to an aromatic ring is 1. The van der Waals surface area contributed by atoms with E-state index in [1.807, 2.05) is 32.9 Å². The molecule has 1 aliphatic carbocycles. The van der Waals surface area contributed by atoms with Crippen LogP contribution in [-0.4, -0.2) is 35.0 Å². The van der Waals surface area contributed by atoms with Gasteiger partial charge in [-0.15, -0.1) is 0 Å². The number of benzene rings is 1. The zero-order valence-corrected chi connectivity index (χ0v) is 16.2. The molecule has 158 valence electrons. The Morgan fingerprint density at radius 2 is 1.54 bits per heavy atom. The van der Waals surface area contributed by atoms with Crippen LogP contribution in [0.5, 0.6) is 0 Å². The molecule has 0 aliphatic heterocycles. The average Bonchev–Trinajstić information content (AvgIpc) is 2.54. The number of alkyl halides is 3. The molecule has 0 heterocycles. The van der Waals surface area contributed by atoms with Crippen molar-refractivity contribution in [3.05, 3.63) is 29.8 Å². The third-order valence-electron chi connectivity index (χ3n) is 4.10. The van der Waals surface area contributed by atoms with Crippen LogP contribution >= 0.6 is 0 Å². The first-order valence-corrected chi connectivity index (χ1v) is 8.93. The fraction of sp³-hybridized carbons (Fsp3) is 0.579. The van der Waals surface area contributed by atoms with Gasteiger partial charge < -0.3 is 20.9 Å². The Balaban J connectivity index is 0.000000480. The Hall–Kier alpha value is -2.45. The number of hydrogen-bond acceptors (Lipinski definition) is 4. The van der Waals surface area contributed by atoms with Gasteiger partial charge in [-0.2, -0.15) is 13.2 Å². The number of carboxylic acids is 1. The minimum atomic E-state index is -5.08. The van der Waals surface area contributed by atoms with E-state index in [0.29, 0.717) is 5.92 Å². The van der Waals surface area contributed by atoms with Crippen molar-refractivity contribution in [2.24, 2.45) is 0 Å². The Labute approximate surface area is 162 Å². The zero-order valence-electron chi connectivity index (χ0n) is 16.2. The average molecular weight is 404 g/mol. The fourth-order valence-electron chi connectivity index (χ4n) is 2.81. The second-order valence-electron chi connectivity index (χ2n) is 7.66. The summed E-state index contributed by atoms with van der Waals surface area (Å²) in [4.78, 5) is 20.7. The van der Waals surface area contributed by atoms with Gasteiger partial charge in [0.15, 0.2) is 0 Å². The maximum absolute atomic E-state index is 11.8.